The van der Waals surface area contributed by atoms with Gasteiger partial charge >= 0.3 is 0 Å². The van der Waals surface area contributed by atoms with Crippen molar-refractivity contribution in [2.24, 2.45) is 0 Å². The summed E-state index contributed by atoms with van der Waals surface area (Å²) in [5.41, 5.74) is 2.42. The van der Waals surface area contributed by atoms with Gasteiger partial charge in [-0.3, -0.25) is 13.9 Å². The summed E-state index contributed by atoms with van der Waals surface area (Å²) in [5, 5.41) is 3.74. The van der Waals surface area contributed by atoms with Crippen molar-refractivity contribution in [2.75, 3.05) is 10.8 Å². The summed E-state index contributed by atoms with van der Waals surface area (Å²) >= 11 is 12.6. The average Bonchev–Trinajstić information content (AvgIpc) is 2.99. The number of nitrogens with zero attached hydrogens (tertiary/aromatic N) is 2. The molecule has 0 aliphatic carbocycles. The number of hydrogen-bond acceptors (Lipinski definition) is 4. The largest absolute Gasteiger partial charge is 0.352 e. The molecule has 0 aliphatic rings. The smallest absolute Gasteiger partial charge is 0.264 e. The number of rotatable bonds is 12. The number of sulfonamides is 1. The third kappa shape index (κ3) is 8.40. The number of carbonyl (C=O) groups is 2. The number of aryl methyl sites for hydroxylation is 1. The van der Waals surface area contributed by atoms with Crippen LogP contribution in [0.5, 0.6) is 0 Å². The second-order valence-corrected chi connectivity index (χ2v) is 13.5. The molecule has 4 rings (SSSR count). The molecule has 0 saturated heterocycles. The summed E-state index contributed by atoms with van der Waals surface area (Å²) < 4.78 is 29.3. The summed E-state index contributed by atoms with van der Waals surface area (Å²) in [4.78, 5) is 29.7. The van der Waals surface area contributed by atoms with Gasteiger partial charge in [-0.1, -0.05) is 89.9 Å². The summed E-state index contributed by atoms with van der Waals surface area (Å²) in [5.74, 6) is -0.917. The number of halogens is 2. The molecular weight excluding hydrogens is 617 g/mol. The van der Waals surface area contributed by atoms with Gasteiger partial charge in [-0.2, -0.15) is 0 Å². The molecular formula is C34H35Cl2N3O4S. The number of carbonyl (C=O) groups excluding carboxylic acids is 2. The highest BCUT2D eigenvalue weighted by atomic mass is 35.5. The minimum Gasteiger partial charge on any atom is -0.352 e. The Bertz CT molecular complexity index is 1700. The molecule has 230 valence electrons. The van der Waals surface area contributed by atoms with E-state index in [0.717, 1.165) is 9.87 Å². The zero-order valence-electron chi connectivity index (χ0n) is 24.8. The lowest BCUT2D eigenvalue weighted by atomic mass is 10.0. The van der Waals surface area contributed by atoms with Crippen LogP contribution in [0, 0.1) is 6.92 Å². The molecule has 0 unspecified atom stereocenters. The van der Waals surface area contributed by atoms with Crippen LogP contribution in [-0.4, -0.2) is 43.8 Å². The van der Waals surface area contributed by atoms with Crippen molar-refractivity contribution in [2.45, 2.75) is 50.7 Å². The van der Waals surface area contributed by atoms with Crippen molar-refractivity contribution >= 4 is 50.7 Å². The predicted octanol–water partition coefficient (Wildman–Crippen LogP) is 6.66. The highest BCUT2D eigenvalue weighted by Gasteiger charge is 2.35. The van der Waals surface area contributed by atoms with Gasteiger partial charge in [0, 0.05) is 29.1 Å². The topological polar surface area (TPSA) is 86.8 Å². The van der Waals surface area contributed by atoms with Crippen molar-refractivity contribution in [1.29, 1.82) is 0 Å². The van der Waals surface area contributed by atoms with Crippen LogP contribution in [0.4, 0.5) is 5.69 Å². The van der Waals surface area contributed by atoms with E-state index in [2.05, 4.69) is 5.32 Å². The number of nitrogens with one attached hydrogen (secondary N) is 1. The van der Waals surface area contributed by atoms with Crippen LogP contribution >= 0.6 is 23.2 Å². The van der Waals surface area contributed by atoms with Gasteiger partial charge in [0.2, 0.25) is 11.8 Å². The van der Waals surface area contributed by atoms with E-state index in [0.29, 0.717) is 21.2 Å². The first kappa shape index (κ1) is 33.1. The molecule has 0 aromatic heterocycles. The maximum Gasteiger partial charge on any atom is 0.264 e. The molecule has 0 spiro atoms. The van der Waals surface area contributed by atoms with E-state index in [1.165, 1.54) is 23.1 Å². The normalized spacial score (nSPS) is 12.0. The van der Waals surface area contributed by atoms with Crippen LogP contribution in [0.2, 0.25) is 10.0 Å². The summed E-state index contributed by atoms with van der Waals surface area (Å²) in [7, 11) is -4.22. The fourth-order valence-electron chi connectivity index (χ4n) is 4.85. The molecule has 10 heteroatoms. The van der Waals surface area contributed by atoms with Gasteiger partial charge < -0.3 is 10.2 Å². The summed E-state index contributed by atoms with van der Waals surface area (Å²) in [6.45, 7) is 4.89. The highest BCUT2D eigenvalue weighted by Crippen LogP contribution is 2.30. The molecule has 0 fully saturated rings. The first-order valence-corrected chi connectivity index (χ1v) is 16.4. The van der Waals surface area contributed by atoms with E-state index in [1.54, 1.807) is 55.5 Å². The molecule has 1 N–H and O–H groups in total. The van der Waals surface area contributed by atoms with E-state index in [9.17, 15) is 18.0 Å². The molecule has 0 heterocycles. The van der Waals surface area contributed by atoms with Crippen molar-refractivity contribution in [3.63, 3.8) is 0 Å². The van der Waals surface area contributed by atoms with Crippen LogP contribution in [0.25, 0.3) is 0 Å². The third-order valence-electron chi connectivity index (χ3n) is 6.99. The quantitative estimate of drug-likeness (QED) is 0.186. The third-order valence-corrected chi connectivity index (χ3v) is 9.24. The van der Waals surface area contributed by atoms with E-state index in [-0.39, 0.29) is 35.5 Å². The van der Waals surface area contributed by atoms with Crippen molar-refractivity contribution in [1.82, 2.24) is 10.2 Å². The number of benzene rings is 4. The Morgan fingerprint density at radius 1 is 0.795 bits per heavy atom. The number of amides is 2. The number of hydrogen-bond donors (Lipinski definition) is 1. The van der Waals surface area contributed by atoms with E-state index in [1.807, 2.05) is 50.2 Å². The average molecular weight is 653 g/mol. The van der Waals surface area contributed by atoms with Gasteiger partial charge in [-0.25, -0.2) is 8.42 Å². The molecule has 7 nitrogen and oxygen atoms in total. The van der Waals surface area contributed by atoms with Crippen LogP contribution in [-0.2, 0) is 32.6 Å². The Morgan fingerprint density at radius 2 is 1.41 bits per heavy atom. The van der Waals surface area contributed by atoms with Crippen LogP contribution < -0.4 is 9.62 Å². The SMILES string of the molecule is Cc1ccc(Cl)cc1N(CC(=O)N(Cc1cccc(Cl)c1)[C@H](Cc1ccccc1)C(=O)NC(C)C)S(=O)(=O)c1ccccc1. The van der Waals surface area contributed by atoms with Crippen LogP contribution in [0.3, 0.4) is 0 Å². The molecule has 4 aromatic rings. The maximum absolute atomic E-state index is 14.5. The maximum atomic E-state index is 14.5. The Hall–Kier alpha value is -3.85. The van der Waals surface area contributed by atoms with Crippen LogP contribution in [0.15, 0.2) is 108 Å². The van der Waals surface area contributed by atoms with Crippen molar-refractivity contribution < 1.29 is 18.0 Å². The molecule has 44 heavy (non-hydrogen) atoms. The van der Waals surface area contributed by atoms with E-state index >= 15 is 0 Å². The van der Waals surface area contributed by atoms with Gasteiger partial charge in [0.15, 0.2) is 0 Å². The predicted molar refractivity (Wildman–Crippen MR) is 176 cm³/mol. The van der Waals surface area contributed by atoms with E-state index < -0.39 is 28.5 Å². The summed E-state index contributed by atoms with van der Waals surface area (Å²) in [6, 6.07) is 28.1. The lowest BCUT2D eigenvalue weighted by molar-refractivity contribution is -0.140. The molecule has 0 bridgehead atoms. The second-order valence-electron chi connectivity index (χ2n) is 10.8. The summed E-state index contributed by atoms with van der Waals surface area (Å²) in [6.07, 6.45) is 0.216. The molecule has 0 saturated carbocycles. The zero-order valence-corrected chi connectivity index (χ0v) is 27.1. The van der Waals surface area contributed by atoms with Crippen molar-refractivity contribution in [3.05, 3.63) is 130 Å². The second kappa shape index (κ2) is 14.8. The number of anilines is 1. The van der Waals surface area contributed by atoms with Crippen LogP contribution in [0.1, 0.15) is 30.5 Å². The van der Waals surface area contributed by atoms with Gasteiger partial charge in [0.1, 0.15) is 12.6 Å². The van der Waals surface area contributed by atoms with Gasteiger partial charge in [0.25, 0.3) is 10.0 Å². The Balaban J connectivity index is 1.83. The van der Waals surface area contributed by atoms with Gasteiger partial charge in [-0.05, 0) is 73.9 Å². The van der Waals surface area contributed by atoms with Gasteiger partial charge in [0.05, 0.1) is 10.6 Å². The monoisotopic (exact) mass is 651 g/mol. The Labute approximate surface area is 269 Å². The fraction of sp³-hybridized carbons (Fsp3) is 0.235. The standard InChI is InChI=1S/C34H35Cl2N3O4S/c1-24(2)37-34(41)32(20-26-11-6-4-7-12-26)38(22-27-13-10-14-28(35)19-27)33(40)23-39(31-21-29(36)18-17-25(31)3)44(42,43)30-15-8-5-9-16-30/h4-19,21,24,32H,20,22-23H2,1-3H3,(H,37,41)/t32-/m1/s1. The minimum atomic E-state index is -4.22. The Kier molecular flexibility index (Phi) is 11.1. The first-order chi connectivity index (χ1) is 21.0. The lowest BCUT2D eigenvalue weighted by Crippen LogP contribution is -2.54. The Morgan fingerprint density at radius 3 is 2.05 bits per heavy atom. The molecule has 2 amide bonds. The first-order valence-electron chi connectivity index (χ1n) is 14.2. The fourth-order valence-corrected chi connectivity index (χ4v) is 6.72. The lowest BCUT2D eigenvalue weighted by Gasteiger charge is -2.34. The highest BCUT2D eigenvalue weighted by molar-refractivity contribution is 7.92. The minimum absolute atomic E-state index is 0.0203. The molecule has 4 aromatic carbocycles. The molecule has 0 radical (unpaired) electrons. The molecule has 1 atom stereocenters. The zero-order chi connectivity index (χ0) is 31.9. The molecule has 0 aliphatic heterocycles. The van der Waals surface area contributed by atoms with Crippen molar-refractivity contribution in [3.8, 4) is 0 Å². The van der Waals surface area contributed by atoms with E-state index in [4.69, 9.17) is 23.2 Å². The van der Waals surface area contributed by atoms with Gasteiger partial charge in [-0.15, -0.1) is 0 Å².